The molecule has 2 fully saturated rings. The number of nitrogens with zero attached hydrogens (tertiary/aromatic N) is 3. The molecular weight excluding hydrogens is 488 g/mol. The normalized spacial score (nSPS) is 21.9. The van der Waals surface area contributed by atoms with Gasteiger partial charge >= 0.3 is 0 Å². The lowest BCUT2D eigenvalue weighted by molar-refractivity contribution is 0.208. The number of aromatic nitrogens is 2. The third-order valence-electron chi connectivity index (χ3n) is 8.15. The van der Waals surface area contributed by atoms with E-state index < -0.39 is 9.84 Å². The molecule has 2 aromatic heterocycles. The predicted molar refractivity (Wildman–Crippen MR) is 149 cm³/mol. The molecule has 6 rings (SSSR count). The highest BCUT2D eigenvalue weighted by molar-refractivity contribution is 7.91. The van der Waals surface area contributed by atoms with Gasteiger partial charge in [0.05, 0.1) is 10.5 Å². The van der Waals surface area contributed by atoms with E-state index in [9.17, 15) is 8.42 Å². The standard InChI is InChI=1S/C28H34N4O2S2/c33-36(34,27-19-23-5-1-3-7-25(23)29-27)20-22-11-9-21(10-12-22)13-14-31-15-17-32(18-16-31)28-24-6-2-4-8-26(24)35-30-28/h1-8,19,21-22,29H,9-18,20H2. The molecule has 1 aliphatic heterocycles. The summed E-state index contributed by atoms with van der Waals surface area (Å²) in [6, 6.07) is 18.1. The van der Waals surface area contributed by atoms with Gasteiger partial charge in [-0.25, -0.2) is 8.42 Å². The van der Waals surface area contributed by atoms with Gasteiger partial charge in [0.25, 0.3) is 0 Å². The van der Waals surface area contributed by atoms with E-state index in [1.807, 2.05) is 24.3 Å². The highest BCUT2D eigenvalue weighted by atomic mass is 32.2. The number of anilines is 1. The van der Waals surface area contributed by atoms with Gasteiger partial charge in [-0.05, 0) is 73.4 Å². The summed E-state index contributed by atoms with van der Waals surface area (Å²) in [6.07, 6.45) is 5.57. The molecule has 1 saturated heterocycles. The Morgan fingerprint density at radius 3 is 2.44 bits per heavy atom. The van der Waals surface area contributed by atoms with Crippen LogP contribution in [0.2, 0.25) is 0 Å². The molecule has 190 valence electrons. The molecule has 0 bridgehead atoms. The van der Waals surface area contributed by atoms with Gasteiger partial charge < -0.3 is 9.88 Å². The summed E-state index contributed by atoms with van der Waals surface area (Å²) in [5.41, 5.74) is 0.889. The molecular formula is C28H34N4O2S2. The predicted octanol–water partition coefficient (Wildman–Crippen LogP) is 5.57. The average Bonchev–Trinajstić information content (AvgIpc) is 3.54. The Bertz CT molecular complexity index is 1400. The lowest BCUT2D eigenvalue weighted by atomic mass is 9.81. The number of benzene rings is 2. The van der Waals surface area contributed by atoms with Gasteiger partial charge in [0, 0.05) is 42.5 Å². The average molecular weight is 523 g/mol. The molecule has 0 spiro atoms. The Morgan fingerprint density at radius 2 is 1.64 bits per heavy atom. The lowest BCUT2D eigenvalue weighted by Gasteiger charge is -2.36. The van der Waals surface area contributed by atoms with Gasteiger partial charge in [0.15, 0.2) is 9.84 Å². The van der Waals surface area contributed by atoms with Crippen LogP contribution < -0.4 is 4.90 Å². The SMILES string of the molecule is O=S(=O)(CC1CCC(CCN2CCN(c3nsc4ccccc34)CC2)CC1)c1cc2ccccc2[nH]1. The Balaban J connectivity index is 0.951. The fraction of sp³-hybridized carbons (Fsp3) is 0.464. The third-order valence-corrected chi connectivity index (χ3v) is 10.8. The summed E-state index contributed by atoms with van der Waals surface area (Å²) in [6.45, 7) is 5.39. The fourth-order valence-corrected chi connectivity index (χ4v) is 8.45. The summed E-state index contributed by atoms with van der Waals surface area (Å²) in [4.78, 5) is 8.14. The van der Waals surface area contributed by atoms with Crippen molar-refractivity contribution in [3.05, 3.63) is 54.6 Å². The molecule has 0 unspecified atom stereocenters. The minimum Gasteiger partial charge on any atom is -0.353 e. The summed E-state index contributed by atoms with van der Waals surface area (Å²) in [7, 11) is -3.28. The van der Waals surface area contributed by atoms with Crippen molar-refractivity contribution in [1.29, 1.82) is 0 Å². The van der Waals surface area contributed by atoms with Crippen LogP contribution in [0.1, 0.15) is 32.1 Å². The van der Waals surface area contributed by atoms with Crippen molar-refractivity contribution in [2.24, 2.45) is 11.8 Å². The van der Waals surface area contributed by atoms with Crippen LogP contribution in [0.5, 0.6) is 0 Å². The second-order valence-electron chi connectivity index (χ2n) is 10.5. The van der Waals surface area contributed by atoms with Gasteiger partial charge in [-0.3, -0.25) is 4.90 Å². The number of hydrogen-bond acceptors (Lipinski definition) is 6. The van der Waals surface area contributed by atoms with Crippen LogP contribution in [0.25, 0.3) is 21.0 Å². The fourth-order valence-electron chi connectivity index (χ4n) is 5.95. The molecule has 3 heterocycles. The van der Waals surface area contributed by atoms with E-state index in [1.54, 1.807) is 17.6 Å². The van der Waals surface area contributed by atoms with Crippen LogP contribution in [-0.4, -0.2) is 61.2 Å². The van der Waals surface area contributed by atoms with E-state index in [0.29, 0.717) is 5.03 Å². The molecule has 0 radical (unpaired) electrons. The van der Waals surface area contributed by atoms with Gasteiger partial charge in [0.2, 0.25) is 0 Å². The van der Waals surface area contributed by atoms with Crippen molar-refractivity contribution in [1.82, 2.24) is 14.3 Å². The van der Waals surface area contributed by atoms with E-state index in [-0.39, 0.29) is 11.7 Å². The highest BCUT2D eigenvalue weighted by Gasteiger charge is 2.28. The number of para-hydroxylation sites is 1. The number of nitrogens with one attached hydrogen (secondary N) is 1. The van der Waals surface area contributed by atoms with E-state index in [1.165, 1.54) is 16.5 Å². The van der Waals surface area contributed by atoms with Crippen molar-refractivity contribution < 1.29 is 8.42 Å². The largest absolute Gasteiger partial charge is 0.353 e. The van der Waals surface area contributed by atoms with Crippen LogP contribution in [-0.2, 0) is 9.84 Å². The molecule has 2 aliphatic rings. The monoisotopic (exact) mass is 522 g/mol. The van der Waals surface area contributed by atoms with Crippen LogP contribution in [0.3, 0.4) is 0 Å². The molecule has 1 N–H and O–H groups in total. The number of fused-ring (bicyclic) bond motifs is 2. The zero-order valence-corrected chi connectivity index (χ0v) is 22.2. The van der Waals surface area contributed by atoms with Gasteiger partial charge in [-0.1, -0.05) is 43.2 Å². The Labute approximate surface area is 217 Å². The lowest BCUT2D eigenvalue weighted by Crippen LogP contribution is -2.47. The molecule has 4 aromatic rings. The van der Waals surface area contributed by atoms with Gasteiger partial charge in [-0.15, -0.1) is 0 Å². The van der Waals surface area contributed by atoms with Crippen molar-refractivity contribution in [2.75, 3.05) is 43.4 Å². The maximum absolute atomic E-state index is 13.0. The van der Waals surface area contributed by atoms with Crippen LogP contribution in [0.4, 0.5) is 5.82 Å². The quantitative estimate of drug-likeness (QED) is 0.344. The summed E-state index contributed by atoms with van der Waals surface area (Å²) in [5, 5.41) is 2.61. The van der Waals surface area contributed by atoms with E-state index in [0.717, 1.165) is 81.0 Å². The van der Waals surface area contributed by atoms with Crippen LogP contribution in [0, 0.1) is 11.8 Å². The Morgan fingerprint density at radius 1 is 0.917 bits per heavy atom. The molecule has 36 heavy (non-hydrogen) atoms. The van der Waals surface area contributed by atoms with E-state index in [2.05, 4.69) is 39.0 Å². The molecule has 0 amide bonds. The van der Waals surface area contributed by atoms with Crippen LogP contribution >= 0.6 is 11.5 Å². The third kappa shape index (κ3) is 5.04. The maximum atomic E-state index is 13.0. The molecule has 1 aliphatic carbocycles. The van der Waals surface area contributed by atoms with Gasteiger partial charge in [0.1, 0.15) is 10.8 Å². The maximum Gasteiger partial charge on any atom is 0.193 e. The molecule has 2 aromatic carbocycles. The summed E-state index contributed by atoms with van der Waals surface area (Å²) in [5.74, 6) is 2.41. The van der Waals surface area contributed by atoms with Crippen molar-refractivity contribution in [3.8, 4) is 0 Å². The topological polar surface area (TPSA) is 69.3 Å². The van der Waals surface area contributed by atoms with E-state index in [4.69, 9.17) is 4.37 Å². The number of piperazine rings is 1. The van der Waals surface area contributed by atoms with Crippen molar-refractivity contribution in [2.45, 2.75) is 37.1 Å². The summed E-state index contributed by atoms with van der Waals surface area (Å²) < 4.78 is 32.0. The minimum absolute atomic E-state index is 0.264. The first-order valence-corrected chi connectivity index (χ1v) is 15.6. The van der Waals surface area contributed by atoms with Crippen molar-refractivity contribution >= 4 is 48.2 Å². The number of hydrogen-bond donors (Lipinski definition) is 1. The summed E-state index contributed by atoms with van der Waals surface area (Å²) >= 11 is 1.60. The highest BCUT2D eigenvalue weighted by Crippen LogP contribution is 2.34. The molecule has 0 atom stereocenters. The minimum atomic E-state index is -3.28. The number of aromatic amines is 1. The van der Waals surface area contributed by atoms with Crippen molar-refractivity contribution in [3.63, 3.8) is 0 Å². The number of sulfone groups is 1. The molecule has 8 heteroatoms. The first-order chi connectivity index (χ1) is 17.5. The number of H-pyrrole nitrogens is 1. The second-order valence-corrected chi connectivity index (χ2v) is 13.3. The van der Waals surface area contributed by atoms with Gasteiger partial charge in [-0.2, -0.15) is 4.37 Å². The Kier molecular flexibility index (Phi) is 6.75. The molecule has 6 nitrogen and oxygen atoms in total. The van der Waals surface area contributed by atoms with E-state index >= 15 is 0 Å². The Hall–Kier alpha value is -2.42. The second kappa shape index (κ2) is 10.1. The van der Waals surface area contributed by atoms with Crippen LogP contribution in [0.15, 0.2) is 59.6 Å². The first-order valence-electron chi connectivity index (χ1n) is 13.2. The number of rotatable bonds is 7. The zero-order valence-electron chi connectivity index (χ0n) is 20.6. The smallest absolute Gasteiger partial charge is 0.193 e. The molecule has 1 saturated carbocycles. The first kappa shape index (κ1) is 23.9. The zero-order chi connectivity index (χ0) is 24.5.